The summed E-state index contributed by atoms with van der Waals surface area (Å²) in [5, 5.41) is 10.1. The Bertz CT molecular complexity index is 446. The van der Waals surface area contributed by atoms with E-state index in [-0.39, 0.29) is 12.3 Å². The van der Waals surface area contributed by atoms with Crippen LogP contribution in [0.4, 0.5) is 4.39 Å². The number of carbonyl (C=O) groups excluding carboxylic acids is 1. The highest BCUT2D eigenvalue weighted by Gasteiger charge is 2.25. The third-order valence-corrected chi connectivity index (χ3v) is 3.77. The molecule has 1 rings (SSSR count). The highest BCUT2D eigenvalue weighted by atomic mass is 19.1. The first kappa shape index (κ1) is 18.6. The van der Waals surface area contributed by atoms with E-state index in [1.54, 1.807) is 0 Å². The van der Waals surface area contributed by atoms with Gasteiger partial charge in [-0.2, -0.15) is 0 Å². The zero-order valence-corrected chi connectivity index (χ0v) is 13.4. The highest BCUT2D eigenvalue weighted by molar-refractivity contribution is 5.77. The summed E-state index contributed by atoms with van der Waals surface area (Å²) in [6.07, 6.45) is 1.63. The lowest BCUT2D eigenvalue weighted by molar-refractivity contribution is -0.126. The van der Waals surface area contributed by atoms with Crippen LogP contribution >= 0.6 is 0 Å². The van der Waals surface area contributed by atoms with Crippen molar-refractivity contribution in [3.8, 4) is 0 Å². The largest absolute Gasteiger partial charge is 0.393 e. The molecule has 0 spiro atoms. The quantitative estimate of drug-likeness (QED) is 0.373. The van der Waals surface area contributed by atoms with Gasteiger partial charge in [-0.3, -0.25) is 10.2 Å². The third kappa shape index (κ3) is 7.52. The molecule has 1 aromatic rings. The van der Waals surface area contributed by atoms with Gasteiger partial charge in [0, 0.05) is 5.92 Å². The Morgan fingerprint density at radius 3 is 2.50 bits per heavy atom. The molecule has 5 heteroatoms. The van der Waals surface area contributed by atoms with Crippen molar-refractivity contribution in [1.82, 2.24) is 5.43 Å². The predicted molar refractivity (Wildman–Crippen MR) is 85.6 cm³/mol. The van der Waals surface area contributed by atoms with Crippen LogP contribution < -0.4 is 11.3 Å². The Morgan fingerprint density at radius 2 is 1.95 bits per heavy atom. The number of aliphatic hydroxyl groups excluding tert-OH is 1. The number of alkyl halides is 1. The number of carbonyl (C=O) groups is 1. The van der Waals surface area contributed by atoms with Gasteiger partial charge >= 0.3 is 0 Å². The van der Waals surface area contributed by atoms with E-state index < -0.39 is 17.7 Å². The van der Waals surface area contributed by atoms with Crippen molar-refractivity contribution < 1.29 is 14.3 Å². The summed E-state index contributed by atoms with van der Waals surface area (Å²) in [6.45, 7) is 2.96. The van der Waals surface area contributed by atoms with E-state index in [1.165, 1.54) is 13.8 Å². The number of nitrogens with two attached hydrogens (primary N) is 1. The van der Waals surface area contributed by atoms with Crippen LogP contribution in [-0.4, -0.2) is 22.8 Å². The summed E-state index contributed by atoms with van der Waals surface area (Å²) in [4.78, 5) is 11.8. The zero-order valence-electron chi connectivity index (χ0n) is 13.4. The Kier molecular flexibility index (Phi) is 7.48. The Balaban J connectivity index is 2.48. The maximum absolute atomic E-state index is 13.6. The molecule has 124 valence electrons. The summed E-state index contributed by atoms with van der Waals surface area (Å²) >= 11 is 0. The monoisotopic (exact) mass is 310 g/mol. The number of amides is 1. The molecular formula is C17H27FN2O2. The van der Waals surface area contributed by atoms with E-state index in [4.69, 9.17) is 5.84 Å². The molecule has 0 aliphatic rings. The van der Waals surface area contributed by atoms with Crippen LogP contribution in [0.15, 0.2) is 30.3 Å². The smallest absolute Gasteiger partial charge is 0.237 e. The number of hydrazine groups is 1. The molecule has 0 aliphatic carbocycles. The van der Waals surface area contributed by atoms with Gasteiger partial charge < -0.3 is 5.11 Å². The molecule has 0 saturated heterocycles. The molecule has 0 saturated carbocycles. The van der Waals surface area contributed by atoms with Crippen LogP contribution in [0.1, 0.15) is 45.1 Å². The molecule has 0 bridgehead atoms. The van der Waals surface area contributed by atoms with Gasteiger partial charge in [-0.1, -0.05) is 30.3 Å². The van der Waals surface area contributed by atoms with Crippen molar-refractivity contribution in [3.05, 3.63) is 35.9 Å². The summed E-state index contributed by atoms with van der Waals surface area (Å²) < 4.78 is 13.6. The minimum absolute atomic E-state index is 0.260. The number of aryl methyl sites for hydroxylation is 1. The first-order valence-electron chi connectivity index (χ1n) is 7.73. The second kappa shape index (κ2) is 8.86. The molecule has 22 heavy (non-hydrogen) atoms. The maximum atomic E-state index is 13.6. The Morgan fingerprint density at radius 1 is 1.32 bits per heavy atom. The molecule has 1 amide bonds. The Labute approximate surface area is 131 Å². The van der Waals surface area contributed by atoms with Crippen molar-refractivity contribution in [2.45, 2.75) is 57.7 Å². The van der Waals surface area contributed by atoms with Gasteiger partial charge in [-0.05, 0) is 51.5 Å². The highest BCUT2D eigenvalue weighted by Crippen LogP contribution is 2.23. The fraction of sp³-hybridized carbons (Fsp3) is 0.588. The van der Waals surface area contributed by atoms with Gasteiger partial charge in [0.15, 0.2) is 0 Å². The molecule has 0 radical (unpaired) electrons. The summed E-state index contributed by atoms with van der Waals surface area (Å²) in [5.74, 6) is 4.37. The average Bonchev–Trinajstić information content (AvgIpc) is 2.48. The van der Waals surface area contributed by atoms with E-state index in [9.17, 15) is 14.3 Å². The van der Waals surface area contributed by atoms with Crippen LogP contribution in [0.5, 0.6) is 0 Å². The molecule has 0 fully saturated rings. The van der Waals surface area contributed by atoms with E-state index >= 15 is 0 Å². The lowest BCUT2D eigenvalue weighted by Gasteiger charge is -2.22. The van der Waals surface area contributed by atoms with E-state index in [2.05, 4.69) is 5.43 Å². The molecule has 0 heterocycles. The van der Waals surface area contributed by atoms with Gasteiger partial charge in [-0.25, -0.2) is 10.2 Å². The first-order valence-corrected chi connectivity index (χ1v) is 7.73. The second-order valence-electron chi connectivity index (χ2n) is 6.38. The molecule has 1 aromatic carbocycles. The summed E-state index contributed by atoms with van der Waals surface area (Å²) in [7, 11) is 0. The van der Waals surface area contributed by atoms with Crippen LogP contribution in [0.25, 0.3) is 0 Å². The average molecular weight is 310 g/mol. The van der Waals surface area contributed by atoms with E-state index in [0.717, 1.165) is 12.0 Å². The number of nitrogens with one attached hydrogen (secondary N) is 1. The van der Waals surface area contributed by atoms with Crippen LogP contribution in [-0.2, 0) is 11.2 Å². The zero-order chi connectivity index (χ0) is 16.6. The van der Waals surface area contributed by atoms with Crippen molar-refractivity contribution in [1.29, 1.82) is 0 Å². The van der Waals surface area contributed by atoms with E-state index in [0.29, 0.717) is 19.3 Å². The van der Waals surface area contributed by atoms with Gasteiger partial charge in [0.2, 0.25) is 5.91 Å². The van der Waals surface area contributed by atoms with E-state index in [1.807, 2.05) is 30.3 Å². The predicted octanol–water partition coefficient (Wildman–Crippen LogP) is 2.50. The van der Waals surface area contributed by atoms with Crippen LogP contribution in [0.2, 0.25) is 0 Å². The first-order chi connectivity index (χ1) is 10.3. The van der Waals surface area contributed by atoms with Crippen LogP contribution in [0, 0.1) is 5.92 Å². The molecular weight excluding hydrogens is 283 g/mol. The van der Waals surface area contributed by atoms with Gasteiger partial charge in [-0.15, -0.1) is 0 Å². The molecule has 0 aliphatic heterocycles. The molecule has 2 atom stereocenters. The standard InChI is InChI=1S/C17H27FN2O2/c1-17(2,18)11-10-14(16(22)20-19)12-15(21)9-8-13-6-4-3-5-7-13/h3-7,14-15,21H,8-12,19H2,1-2H3,(H,20,22). The van der Waals surface area contributed by atoms with Gasteiger partial charge in [0.25, 0.3) is 0 Å². The van der Waals surface area contributed by atoms with Crippen molar-refractivity contribution >= 4 is 5.91 Å². The normalized spacial score (nSPS) is 14.4. The fourth-order valence-corrected chi connectivity index (χ4v) is 2.42. The molecule has 2 unspecified atom stereocenters. The molecule has 0 aromatic heterocycles. The second-order valence-corrected chi connectivity index (χ2v) is 6.38. The number of hydrogen-bond donors (Lipinski definition) is 3. The SMILES string of the molecule is CC(C)(F)CCC(CC(O)CCc1ccccc1)C(=O)NN. The fourth-order valence-electron chi connectivity index (χ4n) is 2.42. The number of aliphatic hydroxyl groups is 1. The Hall–Kier alpha value is -1.46. The molecule has 4 nitrogen and oxygen atoms in total. The van der Waals surface area contributed by atoms with Crippen molar-refractivity contribution in [3.63, 3.8) is 0 Å². The minimum Gasteiger partial charge on any atom is -0.393 e. The minimum atomic E-state index is -1.33. The summed E-state index contributed by atoms with van der Waals surface area (Å²) in [5.41, 5.74) is 1.92. The van der Waals surface area contributed by atoms with Crippen molar-refractivity contribution in [2.24, 2.45) is 11.8 Å². The third-order valence-electron chi connectivity index (χ3n) is 3.77. The van der Waals surface area contributed by atoms with Gasteiger partial charge in [0.05, 0.1) is 6.10 Å². The number of halogens is 1. The summed E-state index contributed by atoms with van der Waals surface area (Å²) in [6, 6.07) is 9.86. The van der Waals surface area contributed by atoms with Crippen LogP contribution in [0.3, 0.4) is 0 Å². The lowest BCUT2D eigenvalue weighted by Crippen LogP contribution is -2.38. The lowest BCUT2D eigenvalue weighted by atomic mass is 9.89. The number of hydrogen-bond acceptors (Lipinski definition) is 3. The topological polar surface area (TPSA) is 75.3 Å². The molecule has 4 N–H and O–H groups in total. The van der Waals surface area contributed by atoms with Gasteiger partial charge in [0.1, 0.15) is 5.67 Å². The van der Waals surface area contributed by atoms with Crippen molar-refractivity contribution in [2.75, 3.05) is 0 Å². The number of rotatable bonds is 9. The number of benzene rings is 1. The maximum Gasteiger partial charge on any atom is 0.237 e.